The van der Waals surface area contributed by atoms with Crippen LogP contribution in [0.25, 0.3) is 0 Å². The molecule has 314 valence electrons. The number of aliphatic hydroxyl groups is 4. The first-order valence-corrected chi connectivity index (χ1v) is 22.3. The van der Waals surface area contributed by atoms with Crippen LogP contribution in [0.15, 0.2) is 0 Å². The second-order valence-electron chi connectivity index (χ2n) is 13.8. The highest BCUT2D eigenvalue weighted by Crippen LogP contribution is 2.49. The van der Waals surface area contributed by atoms with Gasteiger partial charge in [-0.25, -0.2) is 9.13 Å². The molecule has 1 aliphatic rings. The van der Waals surface area contributed by atoms with Gasteiger partial charge in [0, 0.05) is 12.8 Å². The van der Waals surface area contributed by atoms with E-state index in [1.807, 2.05) is 0 Å². The zero-order valence-electron chi connectivity index (χ0n) is 31.3. The molecule has 0 saturated heterocycles. The Hall–Kier alpha value is -1.04. The number of phosphoric acid groups is 2. The third-order valence-electron chi connectivity index (χ3n) is 9.03. The summed E-state index contributed by atoms with van der Waals surface area (Å²) in [5, 5.41) is 40.9. The van der Waals surface area contributed by atoms with Crippen LogP contribution in [0.5, 0.6) is 0 Å². The molecule has 0 heterocycles. The number of esters is 2. The third kappa shape index (κ3) is 23.6. The molecule has 9 N–H and O–H groups in total. The molecule has 1 aliphatic carbocycles. The van der Waals surface area contributed by atoms with Gasteiger partial charge in [0.2, 0.25) is 0 Å². The molecular formula is C34H67NO16P2. The van der Waals surface area contributed by atoms with E-state index < -0.39 is 83.5 Å². The van der Waals surface area contributed by atoms with Gasteiger partial charge in [-0.2, -0.15) is 0 Å². The second-order valence-corrected chi connectivity index (χ2v) is 16.4. The van der Waals surface area contributed by atoms with E-state index >= 15 is 0 Å². The van der Waals surface area contributed by atoms with Crippen LogP contribution >= 0.6 is 15.6 Å². The minimum atomic E-state index is -5.35. The van der Waals surface area contributed by atoms with Crippen molar-refractivity contribution in [2.75, 3.05) is 19.8 Å². The van der Waals surface area contributed by atoms with E-state index in [1.54, 1.807) is 0 Å². The smallest absolute Gasteiger partial charge is 0.462 e. The van der Waals surface area contributed by atoms with E-state index in [2.05, 4.69) is 11.4 Å². The normalized spacial score (nSPS) is 23.7. The fourth-order valence-electron chi connectivity index (χ4n) is 5.98. The van der Waals surface area contributed by atoms with Crippen molar-refractivity contribution in [1.82, 2.24) is 0 Å². The number of carbonyl (C=O) groups is 2. The Morgan fingerprint density at radius 3 is 1.49 bits per heavy atom. The van der Waals surface area contributed by atoms with Crippen molar-refractivity contribution in [3.05, 3.63) is 0 Å². The van der Waals surface area contributed by atoms with Crippen LogP contribution in [-0.4, -0.2) is 110 Å². The van der Waals surface area contributed by atoms with Gasteiger partial charge in [-0.3, -0.25) is 23.2 Å². The second kappa shape index (κ2) is 28.4. The van der Waals surface area contributed by atoms with Gasteiger partial charge in [0.1, 0.15) is 43.2 Å². The summed E-state index contributed by atoms with van der Waals surface area (Å²) in [6.45, 7) is 1.49. The predicted octanol–water partition coefficient (Wildman–Crippen LogP) is 4.05. The van der Waals surface area contributed by atoms with Crippen LogP contribution < -0.4 is 5.73 Å². The zero-order valence-corrected chi connectivity index (χ0v) is 33.1. The van der Waals surface area contributed by atoms with Gasteiger partial charge in [-0.05, 0) is 25.8 Å². The number of rotatable bonds is 32. The topological polar surface area (TPSA) is 282 Å². The number of ether oxygens (including phenoxy) is 2. The van der Waals surface area contributed by atoms with E-state index in [4.69, 9.17) is 34.0 Å². The van der Waals surface area contributed by atoms with Crippen molar-refractivity contribution in [2.45, 2.75) is 184 Å². The molecule has 8 atom stereocenters. The lowest BCUT2D eigenvalue weighted by Gasteiger charge is -2.43. The Kier molecular flexibility index (Phi) is 26.8. The Balaban J connectivity index is 2.67. The molecule has 0 aromatic carbocycles. The molecule has 4 unspecified atom stereocenters. The first-order valence-electron chi connectivity index (χ1n) is 19.3. The highest BCUT2D eigenvalue weighted by Gasteiger charge is 2.54. The predicted molar refractivity (Wildman–Crippen MR) is 194 cm³/mol. The molecule has 1 fully saturated rings. The number of hydrogen-bond donors (Lipinski definition) is 8. The average molecular weight is 808 g/mol. The van der Waals surface area contributed by atoms with E-state index in [-0.39, 0.29) is 12.8 Å². The molecule has 0 amide bonds. The first-order chi connectivity index (χ1) is 25.1. The van der Waals surface area contributed by atoms with Crippen molar-refractivity contribution in [2.24, 2.45) is 5.73 Å². The SMILES string of the molecule is CCCCCCCCCCCCCCCC(=O)O[C@H](COC(=O)CCCCCCCCN)COP(=O)(O)OC1C(O)[C@H](OP(=O)(O)O)C(O)[C@H](O)[C@@H]1O. The minimum Gasteiger partial charge on any atom is -0.462 e. The highest BCUT2D eigenvalue weighted by atomic mass is 31.2. The van der Waals surface area contributed by atoms with Gasteiger partial charge in [0.15, 0.2) is 6.10 Å². The number of hydrogen-bond acceptors (Lipinski definition) is 14. The summed E-state index contributed by atoms with van der Waals surface area (Å²) in [6.07, 6.45) is 5.18. The van der Waals surface area contributed by atoms with Crippen LogP contribution in [0.1, 0.15) is 142 Å². The maximum absolute atomic E-state index is 12.9. The third-order valence-corrected chi connectivity index (χ3v) is 10.5. The van der Waals surface area contributed by atoms with Gasteiger partial charge in [-0.1, -0.05) is 110 Å². The summed E-state index contributed by atoms with van der Waals surface area (Å²) >= 11 is 0. The molecule has 0 aromatic rings. The van der Waals surface area contributed by atoms with Crippen molar-refractivity contribution in [1.29, 1.82) is 0 Å². The lowest BCUT2D eigenvalue weighted by molar-refractivity contribution is -0.216. The van der Waals surface area contributed by atoms with Crippen LogP contribution in [0.3, 0.4) is 0 Å². The molecule has 0 aliphatic heterocycles. The van der Waals surface area contributed by atoms with Gasteiger partial charge >= 0.3 is 27.6 Å². The molecule has 1 saturated carbocycles. The van der Waals surface area contributed by atoms with E-state index in [1.165, 1.54) is 51.4 Å². The van der Waals surface area contributed by atoms with Gasteiger partial charge < -0.3 is 50.3 Å². The lowest BCUT2D eigenvalue weighted by Crippen LogP contribution is -2.64. The van der Waals surface area contributed by atoms with Crippen molar-refractivity contribution >= 4 is 27.6 Å². The summed E-state index contributed by atoms with van der Waals surface area (Å²) in [4.78, 5) is 53.7. The monoisotopic (exact) mass is 807 g/mol. The molecule has 17 nitrogen and oxygen atoms in total. The highest BCUT2D eigenvalue weighted by molar-refractivity contribution is 7.47. The fraction of sp³-hybridized carbons (Fsp3) is 0.941. The first kappa shape index (κ1) is 50.0. The molecule has 19 heteroatoms. The van der Waals surface area contributed by atoms with Crippen LogP contribution in [0.2, 0.25) is 0 Å². The zero-order chi connectivity index (χ0) is 39.7. The van der Waals surface area contributed by atoms with Gasteiger partial charge in [0.05, 0.1) is 6.61 Å². The molecule has 0 bridgehead atoms. The van der Waals surface area contributed by atoms with E-state index in [9.17, 15) is 44.0 Å². The van der Waals surface area contributed by atoms with Crippen LogP contribution in [0, 0.1) is 0 Å². The lowest BCUT2D eigenvalue weighted by atomic mass is 9.85. The summed E-state index contributed by atoms with van der Waals surface area (Å²) in [5.74, 6) is -1.23. The largest absolute Gasteiger partial charge is 0.472 e. The van der Waals surface area contributed by atoms with Crippen molar-refractivity contribution < 1.29 is 76.9 Å². The number of aliphatic hydroxyl groups excluding tert-OH is 4. The maximum Gasteiger partial charge on any atom is 0.472 e. The van der Waals surface area contributed by atoms with Crippen LogP contribution in [0.4, 0.5) is 0 Å². The number of carbonyl (C=O) groups excluding carboxylic acids is 2. The van der Waals surface area contributed by atoms with Crippen molar-refractivity contribution in [3.8, 4) is 0 Å². The molecular weight excluding hydrogens is 740 g/mol. The average Bonchev–Trinajstić information content (AvgIpc) is 3.10. The molecule has 1 rings (SSSR count). The summed E-state index contributed by atoms with van der Waals surface area (Å²) < 4.78 is 48.9. The maximum atomic E-state index is 12.9. The van der Waals surface area contributed by atoms with Gasteiger partial charge in [-0.15, -0.1) is 0 Å². The molecule has 0 radical (unpaired) electrons. The van der Waals surface area contributed by atoms with E-state index in [0.717, 1.165) is 57.8 Å². The number of nitrogens with two attached hydrogens (primary N) is 1. The Morgan fingerprint density at radius 2 is 1.02 bits per heavy atom. The Labute approximate surface area is 314 Å². The van der Waals surface area contributed by atoms with Crippen molar-refractivity contribution in [3.63, 3.8) is 0 Å². The van der Waals surface area contributed by atoms with E-state index in [0.29, 0.717) is 19.4 Å². The standard InChI is InChI=1S/C34H67NO16P2/c1-2-3-4-5-6-7-8-9-10-11-12-16-19-22-28(37)49-26(24-47-27(36)21-18-15-13-14-17-20-23-35)25-48-53(45,46)51-34-31(40)29(38)30(39)33(32(34)41)50-52(42,43)44/h26,29-34,38-41H,2-25,35H2,1H3,(H,45,46)(H2,42,43,44)/t26-,29+,30?,31+,32?,33-,34?/m1/s1. The van der Waals surface area contributed by atoms with Crippen LogP contribution in [-0.2, 0) is 41.8 Å². The number of phosphoric ester groups is 2. The molecule has 0 aromatic heterocycles. The summed E-state index contributed by atoms with van der Waals surface area (Å²) in [7, 11) is -10.6. The molecule has 53 heavy (non-hydrogen) atoms. The number of unbranched alkanes of at least 4 members (excludes halogenated alkanes) is 17. The summed E-state index contributed by atoms with van der Waals surface area (Å²) in [5.41, 5.74) is 5.50. The molecule has 0 spiro atoms. The summed E-state index contributed by atoms with van der Waals surface area (Å²) in [6, 6.07) is 0. The minimum absolute atomic E-state index is 0.0429. The Bertz CT molecular complexity index is 1080. The quantitative estimate of drug-likeness (QED) is 0.0270. The fourth-order valence-corrected chi connectivity index (χ4v) is 7.52. The Morgan fingerprint density at radius 1 is 0.585 bits per heavy atom. The van der Waals surface area contributed by atoms with Gasteiger partial charge in [0.25, 0.3) is 0 Å².